The number of ether oxygens (including phenoxy) is 1. The molecule has 0 bridgehead atoms. The largest absolute Gasteiger partial charge is 0.381 e. The topological polar surface area (TPSA) is 116 Å². The van der Waals surface area contributed by atoms with Gasteiger partial charge < -0.3 is 10.5 Å². The second-order valence-corrected chi connectivity index (χ2v) is 9.64. The van der Waals surface area contributed by atoms with Crippen LogP contribution in [0.2, 0.25) is 0 Å². The summed E-state index contributed by atoms with van der Waals surface area (Å²) in [6.45, 7) is 4.34. The highest BCUT2D eigenvalue weighted by Gasteiger charge is 2.40. The zero-order valence-electron chi connectivity index (χ0n) is 16.0. The second kappa shape index (κ2) is 6.75. The van der Waals surface area contributed by atoms with Gasteiger partial charge in [-0.15, -0.1) is 0 Å². The lowest BCUT2D eigenvalue weighted by molar-refractivity contribution is 0.0371. The predicted molar refractivity (Wildman–Crippen MR) is 107 cm³/mol. The lowest BCUT2D eigenvalue weighted by Crippen LogP contribution is -2.29. The van der Waals surface area contributed by atoms with Gasteiger partial charge in [-0.1, -0.05) is 6.07 Å². The summed E-state index contributed by atoms with van der Waals surface area (Å²) in [6, 6.07) is 5.18. The molecule has 152 valence electrons. The van der Waals surface area contributed by atoms with E-state index >= 15 is 0 Å². The number of anilines is 1. The Morgan fingerprint density at radius 3 is 2.86 bits per heavy atom. The van der Waals surface area contributed by atoms with Crippen LogP contribution in [0.4, 0.5) is 5.82 Å². The van der Waals surface area contributed by atoms with Gasteiger partial charge in [0, 0.05) is 31.2 Å². The fourth-order valence-electron chi connectivity index (χ4n) is 4.28. The van der Waals surface area contributed by atoms with Crippen LogP contribution in [0.5, 0.6) is 0 Å². The number of aromatic nitrogens is 4. The number of nitrogens with two attached hydrogens (primary N) is 1. The number of aryl methyl sites for hydroxylation is 1. The van der Waals surface area contributed by atoms with E-state index in [1.54, 1.807) is 27.2 Å². The van der Waals surface area contributed by atoms with Crippen LogP contribution in [0.25, 0.3) is 16.9 Å². The minimum absolute atomic E-state index is 0.273. The van der Waals surface area contributed by atoms with Gasteiger partial charge in [0.15, 0.2) is 11.5 Å². The fourth-order valence-corrected chi connectivity index (χ4v) is 5.86. The third-order valence-electron chi connectivity index (χ3n) is 5.96. The molecule has 0 spiro atoms. The summed E-state index contributed by atoms with van der Waals surface area (Å²) in [7, 11) is -3.60. The Labute approximate surface area is 168 Å². The number of hydrogen-bond donors (Lipinski definition) is 1. The van der Waals surface area contributed by atoms with Crippen molar-refractivity contribution in [3.05, 3.63) is 36.3 Å². The van der Waals surface area contributed by atoms with Crippen molar-refractivity contribution >= 4 is 21.5 Å². The first-order valence-electron chi connectivity index (χ1n) is 9.58. The normalized spacial score (nSPS) is 22.8. The molecule has 2 fully saturated rings. The number of hydrogen-bond acceptors (Lipinski definition) is 7. The summed E-state index contributed by atoms with van der Waals surface area (Å²) < 4.78 is 35.4. The van der Waals surface area contributed by atoms with Crippen LogP contribution in [0.3, 0.4) is 0 Å². The predicted octanol–water partition coefficient (Wildman–Crippen LogP) is 1.34. The maximum absolute atomic E-state index is 13.3. The summed E-state index contributed by atoms with van der Waals surface area (Å²) in [6.07, 6.45) is 3.91. The Morgan fingerprint density at radius 2 is 2.03 bits per heavy atom. The lowest BCUT2D eigenvalue weighted by atomic mass is 9.92. The molecule has 29 heavy (non-hydrogen) atoms. The van der Waals surface area contributed by atoms with E-state index in [-0.39, 0.29) is 16.6 Å². The number of rotatable bonds is 3. The molecule has 5 rings (SSSR count). The fraction of sp³-hybridized carbons (Fsp3) is 0.421. The minimum Gasteiger partial charge on any atom is -0.381 e. The monoisotopic (exact) mass is 414 g/mol. The maximum atomic E-state index is 13.3. The molecule has 0 amide bonds. The molecule has 0 aliphatic carbocycles. The molecular formula is C19H22N6O3S. The van der Waals surface area contributed by atoms with E-state index < -0.39 is 10.0 Å². The number of benzene rings is 1. The van der Waals surface area contributed by atoms with Gasteiger partial charge in [0.05, 0.1) is 23.4 Å². The van der Waals surface area contributed by atoms with Gasteiger partial charge in [-0.3, -0.25) is 0 Å². The van der Waals surface area contributed by atoms with Crippen LogP contribution in [0.15, 0.2) is 35.6 Å². The summed E-state index contributed by atoms with van der Waals surface area (Å²) >= 11 is 0. The van der Waals surface area contributed by atoms with Gasteiger partial charge in [-0.25, -0.2) is 22.9 Å². The molecule has 2 atom stereocenters. The van der Waals surface area contributed by atoms with E-state index in [1.165, 1.54) is 6.33 Å². The van der Waals surface area contributed by atoms with Crippen molar-refractivity contribution in [1.82, 2.24) is 23.9 Å². The third-order valence-corrected chi connectivity index (χ3v) is 7.79. The van der Waals surface area contributed by atoms with Crippen molar-refractivity contribution < 1.29 is 13.2 Å². The van der Waals surface area contributed by atoms with Crippen LogP contribution in [0.1, 0.15) is 12.0 Å². The Morgan fingerprint density at radius 1 is 1.21 bits per heavy atom. The summed E-state index contributed by atoms with van der Waals surface area (Å²) in [5.41, 5.74) is 8.66. The van der Waals surface area contributed by atoms with Crippen molar-refractivity contribution in [1.29, 1.82) is 0 Å². The van der Waals surface area contributed by atoms with Gasteiger partial charge in [0.1, 0.15) is 6.33 Å². The van der Waals surface area contributed by atoms with Crippen LogP contribution in [0, 0.1) is 18.8 Å². The number of fused-ring (bicyclic) bond motifs is 2. The van der Waals surface area contributed by atoms with Crippen LogP contribution in [-0.2, 0) is 14.8 Å². The average Bonchev–Trinajstić information content (AvgIpc) is 3.33. The summed E-state index contributed by atoms with van der Waals surface area (Å²) in [5.74, 6) is 0.929. The van der Waals surface area contributed by atoms with Crippen molar-refractivity contribution in [2.75, 3.05) is 32.0 Å². The molecule has 10 heteroatoms. The molecular weight excluding hydrogens is 392 g/mol. The zero-order valence-corrected chi connectivity index (χ0v) is 16.8. The quantitative estimate of drug-likeness (QED) is 0.687. The van der Waals surface area contributed by atoms with E-state index in [2.05, 4.69) is 15.1 Å². The van der Waals surface area contributed by atoms with E-state index in [4.69, 9.17) is 10.5 Å². The zero-order chi connectivity index (χ0) is 20.2. The maximum Gasteiger partial charge on any atom is 0.243 e. The van der Waals surface area contributed by atoms with E-state index in [0.717, 1.165) is 17.5 Å². The SMILES string of the molecule is Cc1ccc(S(=O)(=O)N2CC3CCOCC3C2)cc1-c1cnc2c(N)ncnn12. The van der Waals surface area contributed by atoms with Crippen LogP contribution >= 0.6 is 0 Å². The van der Waals surface area contributed by atoms with Crippen molar-refractivity contribution in [2.24, 2.45) is 11.8 Å². The molecule has 2 aliphatic rings. The highest BCUT2D eigenvalue weighted by atomic mass is 32.2. The number of nitrogens with zero attached hydrogens (tertiary/aromatic N) is 5. The van der Waals surface area contributed by atoms with Gasteiger partial charge in [0.25, 0.3) is 0 Å². The van der Waals surface area contributed by atoms with Crippen molar-refractivity contribution in [2.45, 2.75) is 18.2 Å². The Balaban J connectivity index is 1.55. The van der Waals surface area contributed by atoms with Crippen molar-refractivity contribution in [3.63, 3.8) is 0 Å². The smallest absolute Gasteiger partial charge is 0.243 e. The molecule has 4 heterocycles. The van der Waals surface area contributed by atoms with E-state index in [1.807, 2.05) is 13.0 Å². The standard InChI is InChI=1S/C19H22N6O3S/c1-12-2-3-15(29(26,27)24-8-13-4-5-28-10-14(13)9-24)6-16(12)17-7-21-19-18(20)22-11-23-25(17)19/h2-3,6-7,11,13-14H,4-5,8-10H2,1H3,(H2,20,22,23). The first-order chi connectivity index (χ1) is 13.9. The number of nitrogen functional groups attached to an aromatic ring is 1. The molecule has 2 aliphatic heterocycles. The highest BCUT2D eigenvalue weighted by molar-refractivity contribution is 7.89. The molecule has 2 saturated heterocycles. The molecule has 1 aromatic carbocycles. The molecule has 2 N–H and O–H groups in total. The molecule has 2 unspecified atom stereocenters. The number of imidazole rings is 1. The highest BCUT2D eigenvalue weighted by Crippen LogP contribution is 2.35. The number of sulfonamides is 1. The Hall–Kier alpha value is -2.56. The first kappa shape index (κ1) is 18.5. The Kier molecular flexibility index (Phi) is 4.30. The van der Waals surface area contributed by atoms with Gasteiger partial charge in [-0.2, -0.15) is 9.40 Å². The van der Waals surface area contributed by atoms with Gasteiger partial charge in [-0.05, 0) is 37.0 Å². The van der Waals surface area contributed by atoms with Gasteiger partial charge >= 0.3 is 0 Å². The van der Waals surface area contributed by atoms with Crippen molar-refractivity contribution in [3.8, 4) is 11.3 Å². The summed E-state index contributed by atoms with van der Waals surface area (Å²) in [4.78, 5) is 8.52. The molecule has 3 aromatic rings. The second-order valence-electron chi connectivity index (χ2n) is 7.71. The molecule has 9 nitrogen and oxygen atoms in total. The molecule has 0 radical (unpaired) electrons. The first-order valence-corrected chi connectivity index (χ1v) is 11.0. The average molecular weight is 414 g/mol. The molecule has 2 aromatic heterocycles. The summed E-state index contributed by atoms with van der Waals surface area (Å²) in [5, 5.41) is 4.23. The molecule has 0 saturated carbocycles. The minimum atomic E-state index is -3.60. The Bertz CT molecular complexity index is 1180. The third kappa shape index (κ3) is 2.98. The van der Waals surface area contributed by atoms with E-state index in [9.17, 15) is 8.42 Å². The lowest BCUT2D eigenvalue weighted by Gasteiger charge is -2.23. The van der Waals surface area contributed by atoms with Crippen LogP contribution < -0.4 is 5.73 Å². The van der Waals surface area contributed by atoms with Crippen LogP contribution in [-0.4, -0.2) is 58.6 Å². The van der Waals surface area contributed by atoms with E-state index in [0.29, 0.717) is 43.6 Å². The van der Waals surface area contributed by atoms with Gasteiger partial charge in [0.2, 0.25) is 10.0 Å².